The van der Waals surface area contributed by atoms with Gasteiger partial charge in [-0.2, -0.15) is 0 Å². The number of ether oxygens (including phenoxy) is 1. The quantitative estimate of drug-likeness (QED) is 0.486. The van der Waals surface area contributed by atoms with Crippen LogP contribution in [0.4, 0.5) is 0 Å². The molecule has 0 bridgehead atoms. The van der Waals surface area contributed by atoms with E-state index in [2.05, 4.69) is 15.3 Å². The van der Waals surface area contributed by atoms with Crippen molar-refractivity contribution in [3.05, 3.63) is 71.4 Å². The number of benzene rings is 2. The molecule has 138 valence electrons. The molecule has 2 aromatic carbocycles. The summed E-state index contributed by atoms with van der Waals surface area (Å²) in [6, 6.07) is 15.0. The van der Waals surface area contributed by atoms with Gasteiger partial charge in [-0.15, -0.1) is 5.10 Å². The molecule has 5 rings (SSSR count). The van der Waals surface area contributed by atoms with E-state index in [0.29, 0.717) is 22.4 Å². The molecule has 0 aliphatic heterocycles. The van der Waals surface area contributed by atoms with E-state index in [0.717, 1.165) is 17.0 Å². The molecule has 0 amide bonds. The van der Waals surface area contributed by atoms with Crippen molar-refractivity contribution in [1.82, 2.24) is 28.9 Å². The van der Waals surface area contributed by atoms with E-state index in [1.165, 1.54) is 0 Å². The number of rotatable bonds is 3. The molecule has 0 unspecified atom stereocenters. The number of imidazole rings is 1. The number of nitrogens with zero attached hydrogens (tertiary/aromatic N) is 6. The van der Waals surface area contributed by atoms with Crippen LogP contribution in [0.2, 0.25) is 0 Å². The summed E-state index contributed by atoms with van der Waals surface area (Å²) in [6.45, 7) is 0. The molecule has 0 spiro atoms. The summed E-state index contributed by atoms with van der Waals surface area (Å²) in [5.74, 6) is 0.732. The van der Waals surface area contributed by atoms with E-state index in [1.54, 1.807) is 35.9 Å². The fourth-order valence-corrected chi connectivity index (χ4v) is 3.41. The van der Waals surface area contributed by atoms with Gasteiger partial charge in [-0.05, 0) is 24.3 Å². The molecule has 3 heterocycles. The highest BCUT2D eigenvalue weighted by Gasteiger charge is 2.17. The monoisotopic (exact) mass is 372 g/mol. The van der Waals surface area contributed by atoms with E-state index in [4.69, 9.17) is 4.74 Å². The Bertz CT molecular complexity index is 1400. The van der Waals surface area contributed by atoms with Crippen LogP contribution in [0.1, 0.15) is 0 Å². The maximum Gasteiger partial charge on any atom is 0.261 e. The highest BCUT2D eigenvalue weighted by atomic mass is 16.5. The first-order chi connectivity index (χ1) is 13.7. The third-order valence-corrected chi connectivity index (χ3v) is 4.81. The summed E-state index contributed by atoms with van der Waals surface area (Å²) in [5, 5.41) is 9.13. The minimum Gasteiger partial charge on any atom is -0.497 e. The van der Waals surface area contributed by atoms with Gasteiger partial charge in [0.05, 0.1) is 29.9 Å². The molecule has 0 radical (unpaired) electrons. The van der Waals surface area contributed by atoms with Gasteiger partial charge in [0.1, 0.15) is 29.1 Å². The van der Waals surface area contributed by atoms with Crippen LogP contribution in [0, 0.1) is 0 Å². The fourth-order valence-electron chi connectivity index (χ4n) is 3.41. The van der Waals surface area contributed by atoms with Crippen LogP contribution in [-0.2, 0) is 7.05 Å². The van der Waals surface area contributed by atoms with Crippen LogP contribution in [0.25, 0.3) is 33.6 Å². The Morgan fingerprint density at radius 3 is 2.79 bits per heavy atom. The second kappa shape index (κ2) is 6.05. The topological polar surface area (TPSA) is 79.2 Å². The summed E-state index contributed by atoms with van der Waals surface area (Å²) in [4.78, 5) is 17.3. The minimum absolute atomic E-state index is 0.0787. The summed E-state index contributed by atoms with van der Waals surface area (Å²) in [6.07, 6.45) is 3.49. The molecule has 0 aliphatic carbocycles. The van der Waals surface area contributed by atoms with Gasteiger partial charge in [-0.1, -0.05) is 23.4 Å². The highest BCUT2D eigenvalue weighted by Crippen LogP contribution is 2.24. The van der Waals surface area contributed by atoms with Crippen LogP contribution in [-0.4, -0.2) is 36.1 Å². The molecule has 28 heavy (non-hydrogen) atoms. The molecule has 0 atom stereocenters. The molecule has 3 aromatic heterocycles. The van der Waals surface area contributed by atoms with Gasteiger partial charge in [0, 0.05) is 13.1 Å². The predicted molar refractivity (Wildman–Crippen MR) is 105 cm³/mol. The SMILES string of the molecule is COc1cccc(-n2cc(-c3ncn4c5ccccc5c(=O)n(C)c34)nn2)c1. The average Bonchev–Trinajstić information content (AvgIpc) is 3.39. The summed E-state index contributed by atoms with van der Waals surface area (Å²) in [5.41, 5.74) is 3.39. The smallest absolute Gasteiger partial charge is 0.261 e. The van der Waals surface area contributed by atoms with Gasteiger partial charge in [-0.25, -0.2) is 9.67 Å². The number of methoxy groups -OCH3 is 1. The maximum absolute atomic E-state index is 12.8. The lowest BCUT2D eigenvalue weighted by Gasteiger charge is -2.07. The van der Waals surface area contributed by atoms with Crippen molar-refractivity contribution in [2.45, 2.75) is 0 Å². The number of para-hydroxylation sites is 1. The molecule has 0 fully saturated rings. The zero-order chi connectivity index (χ0) is 19.3. The Labute approximate surface area is 159 Å². The lowest BCUT2D eigenvalue weighted by atomic mass is 10.2. The Kier molecular flexibility index (Phi) is 3.51. The van der Waals surface area contributed by atoms with Gasteiger partial charge in [0.25, 0.3) is 5.56 Å². The minimum atomic E-state index is -0.0787. The largest absolute Gasteiger partial charge is 0.497 e. The number of hydrogen-bond acceptors (Lipinski definition) is 5. The number of aryl methyl sites for hydroxylation is 1. The van der Waals surface area contributed by atoms with E-state index >= 15 is 0 Å². The Hall–Kier alpha value is -3.94. The molecule has 8 heteroatoms. The predicted octanol–water partition coefficient (Wildman–Crippen LogP) is 2.44. The molecule has 0 saturated carbocycles. The van der Waals surface area contributed by atoms with Gasteiger partial charge in [0.2, 0.25) is 0 Å². The summed E-state index contributed by atoms with van der Waals surface area (Å²) >= 11 is 0. The summed E-state index contributed by atoms with van der Waals surface area (Å²) < 4.78 is 10.4. The zero-order valence-corrected chi connectivity index (χ0v) is 15.3. The zero-order valence-electron chi connectivity index (χ0n) is 15.3. The van der Waals surface area contributed by atoms with Crippen molar-refractivity contribution >= 4 is 16.6 Å². The van der Waals surface area contributed by atoms with E-state index in [1.807, 2.05) is 52.9 Å². The lowest BCUT2D eigenvalue weighted by molar-refractivity contribution is 0.414. The maximum atomic E-state index is 12.8. The molecular formula is C20H16N6O2. The second-order valence-electron chi connectivity index (χ2n) is 6.42. The standard InChI is InChI=1S/C20H16N6O2/c1-24-19-18(21-12-25(19)17-9-4-3-8-15(17)20(24)27)16-11-26(23-22-16)13-6-5-7-14(10-13)28-2/h3-12H,1-2H3. The van der Waals surface area contributed by atoms with E-state index in [-0.39, 0.29) is 5.56 Å². The number of fused-ring (bicyclic) bond motifs is 3. The first-order valence-corrected chi connectivity index (χ1v) is 8.69. The highest BCUT2D eigenvalue weighted by molar-refractivity contribution is 5.84. The van der Waals surface area contributed by atoms with Crippen molar-refractivity contribution in [1.29, 1.82) is 0 Å². The van der Waals surface area contributed by atoms with Gasteiger partial charge < -0.3 is 4.74 Å². The van der Waals surface area contributed by atoms with Crippen molar-refractivity contribution < 1.29 is 4.74 Å². The van der Waals surface area contributed by atoms with Gasteiger partial charge in [0.15, 0.2) is 0 Å². The molecule has 0 N–H and O–H groups in total. The van der Waals surface area contributed by atoms with Crippen LogP contribution in [0.5, 0.6) is 5.75 Å². The van der Waals surface area contributed by atoms with E-state index in [9.17, 15) is 4.79 Å². The molecule has 0 aliphatic rings. The number of hydrogen-bond donors (Lipinski definition) is 0. The third kappa shape index (κ3) is 2.31. The molecular weight excluding hydrogens is 356 g/mol. The Balaban J connectivity index is 1.71. The molecule has 0 saturated heterocycles. The first kappa shape index (κ1) is 16.2. The van der Waals surface area contributed by atoms with Gasteiger partial charge >= 0.3 is 0 Å². The van der Waals surface area contributed by atoms with Crippen LogP contribution in [0.3, 0.4) is 0 Å². The fraction of sp³-hybridized carbons (Fsp3) is 0.100. The summed E-state index contributed by atoms with van der Waals surface area (Å²) in [7, 11) is 3.36. The van der Waals surface area contributed by atoms with Crippen LogP contribution in [0.15, 0.2) is 65.8 Å². The third-order valence-electron chi connectivity index (χ3n) is 4.81. The molecule has 5 aromatic rings. The lowest BCUT2D eigenvalue weighted by Crippen LogP contribution is -2.19. The van der Waals surface area contributed by atoms with E-state index < -0.39 is 0 Å². The Morgan fingerprint density at radius 2 is 1.93 bits per heavy atom. The normalized spacial score (nSPS) is 11.4. The second-order valence-corrected chi connectivity index (χ2v) is 6.42. The average molecular weight is 372 g/mol. The van der Waals surface area contributed by atoms with Crippen molar-refractivity contribution in [2.24, 2.45) is 7.05 Å². The number of aromatic nitrogens is 6. The van der Waals surface area contributed by atoms with Crippen LogP contribution < -0.4 is 10.3 Å². The Morgan fingerprint density at radius 1 is 1.07 bits per heavy atom. The van der Waals surface area contributed by atoms with Gasteiger partial charge in [-0.3, -0.25) is 13.8 Å². The van der Waals surface area contributed by atoms with Crippen LogP contribution >= 0.6 is 0 Å². The van der Waals surface area contributed by atoms with Crippen molar-refractivity contribution in [3.63, 3.8) is 0 Å². The first-order valence-electron chi connectivity index (χ1n) is 8.69. The van der Waals surface area contributed by atoms with Crippen molar-refractivity contribution in [3.8, 4) is 22.8 Å². The van der Waals surface area contributed by atoms with Crippen molar-refractivity contribution in [2.75, 3.05) is 7.11 Å². The molecule has 8 nitrogen and oxygen atoms in total.